The molecular weight excluding hydrogens is 420 g/mol. The lowest BCUT2D eigenvalue weighted by molar-refractivity contribution is -0.153. The van der Waals surface area contributed by atoms with Crippen LogP contribution in [-0.2, 0) is 20.7 Å². The highest BCUT2D eigenvalue weighted by molar-refractivity contribution is 5.94. The van der Waals surface area contributed by atoms with Crippen LogP contribution < -0.4 is 5.32 Å². The van der Waals surface area contributed by atoms with E-state index in [9.17, 15) is 9.59 Å². The Morgan fingerprint density at radius 1 is 1.12 bits per heavy atom. The van der Waals surface area contributed by atoms with E-state index in [4.69, 9.17) is 9.72 Å². The highest BCUT2D eigenvalue weighted by Gasteiger charge is 2.21. The van der Waals surface area contributed by atoms with Gasteiger partial charge in [-0.3, -0.25) is 9.59 Å². The highest BCUT2D eigenvalue weighted by atomic mass is 16.5. The van der Waals surface area contributed by atoms with Gasteiger partial charge in [0, 0.05) is 35.3 Å². The molecule has 1 amide bonds. The largest absolute Gasteiger partial charge is 0.453 e. The Morgan fingerprint density at radius 2 is 1.88 bits per heavy atom. The van der Waals surface area contributed by atoms with Crippen LogP contribution in [0.2, 0.25) is 0 Å². The van der Waals surface area contributed by atoms with Crippen LogP contribution in [0.5, 0.6) is 0 Å². The molecule has 9 nitrogen and oxygen atoms in total. The zero-order chi connectivity index (χ0) is 23.7. The van der Waals surface area contributed by atoms with Crippen molar-refractivity contribution >= 4 is 34.2 Å². The van der Waals surface area contributed by atoms with E-state index in [1.807, 2.05) is 56.5 Å². The average molecular weight is 449 g/mol. The average Bonchev–Trinajstić information content (AvgIpc) is 3.38. The third-order valence-corrected chi connectivity index (χ3v) is 5.69. The van der Waals surface area contributed by atoms with Crippen LogP contribution in [0, 0.1) is 13.8 Å². The van der Waals surface area contributed by atoms with Gasteiger partial charge in [0.15, 0.2) is 11.8 Å². The summed E-state index contributed by atoms with van der Waals surface area (Å²) in [6.45, 7) is 9.40. The lowest BCUT2D eigenvalue weighted by Crippen LogP contribution is -2.31. The second kappa shape index (κ2) is 9.01. The van der Waals surface area contributed by atoms with Crippen molar-refractivity contribution in [1.29, 1.82) is 0 Å². The summed E-state index contributed by atoms with van der Waals surface area (Å²) in [5, 5.41) is 12.6. The number of benzene rings is 1. The Labute approximate surface area is 191 Å². The van der Waals surface area contributed by atoms with Crippen molar-refractivity contribution in [2.75, 3.05) is 5.32 Å². The van der Waals surface area contributed by atoms with Gasteiger partial charge in [0.05, 0.1) is 11.7 Å². The van der Waals surface area contributed by atoms with Crippen molar-refractivity contribution in [2.45, 2.75) is 59.6 Å². The Hall–Kier alpha value is -3.75. The Kier molecular flexibility index (Phi) is 6.13. The maximum absolute atomic E-state index is 12.5. The van der Waals surface area contributed by atoms with Crippen LogP contribution in [0.4, 0.5) is 5.82 Å². The number of aromatic nitrogens is 5. The first-order valence-electron chi connectivity index (χ1n) is 11.0. The number of nitrogens with zero attached hydrogens (tertiary/aromatic N) is 5. The number of aryl methyl sites for hydroxylation is 2. The van der Waals surface area contributed by atoms with E-state index in [0.29, 0.717) is 12.2 Å². The van der Waals surface area contributed by atoms with Crippen molar-refractivity contribution in [2.24, 2.45) is 0 Å². The first kappa shape index (κ1) is 22.4. The minimum absolute atomic E-state index is 0.0953. The molecule has 0 bridgehead atoms. The first-order chi connectivity index (χ1) is 15.8. The molecule has 0 saturated heterocycles. The van der Waals surface area contributed by atoms with E-state index in [-0.39, 0.29) is 12.5 Å². The van der Waals surface area contributed by atoms with Gasteiger partial charge >= 0.3 is 5.97 Å². The molecule has 0 radical (unpaired) electrons. The van der Waals surface area contributed by atoms with Crippen LogP contribution in [0.15, 0.2) is 36.5 Å². The lowest BCUT2D eigenvalue weighted by Gasteiger charge is -2.16. The number of fused-ring (bicyclic) bond motifs is 3. The van der Waals surface area contributed by atoms with Crippen molar-refractivity contribution < 1.29 is 14.3 Å². The summed E-state index contributed by atoms with van der Waals surface area (Å²) in [5.74, 6) is -0.279. The zero-order valence-electron chi connectivity index (χ0n) is 19.5. The number of hydrogen-bond acceptors (Lipinski definition) is 6. The number of esters is 1. The van der Waals surface area contributed by atoms with E-state index in [1.165, 1.54) is 0 Å². The summed E-state index contributed by atoms with van der Waals surface area (Å²) in [6.07, 6.45) is 1.28. The quantitative estimate of drug-likeness (QED) is 0.432. The maximum Gasteiger partial charge on any atom is 0.306 e. The SMILES string of the molecule is Cc1nc2c3ccccc3nn2c(C)c1CCC(=O)OC(C)C(=O)Nc1ccnn1C(C)C. The van der Waals surface area contributed by atoms with Gasteiger partial charge in [-0.2, -0.15) is 10.2 Å². The second-order valence-corrected chi connectivity index (χ2v) is 8.39. The summed E-state index contributed by atoms with van der Waals surface area (Å²) in [7, 11) is 0. The summed E-state index contributed by atoms with van der Waals surface area (Å²) >= 11 is 0. The number of anilines is 1. The molecular formula is C24H28N6O3. The van der Waals surface area contributed by atoms with Crippen molar-refractivity contribution in [3.8, 4) is 0 Å². The molecule has 1 unspecified atom stereocenters. The predicted octanol–water partition coefficient (Wildman–Crippen LogP) is 3.78. The fourth-order valence-electron chi connectivity index (χ4n) is 3.93. The third kappa shape index (κ3) is 4.44. The van der Waals surface area contributed by atoms with Gasteiger partial charge in [-0.15, -0.1) is 0 Å². The van der Waals surface area contributed by atoms with Gasteiger partial charge < -0.3 is 10.1 Å². The maximum atomic E-state index is 12.5. The summed E-state index contributed by atoms with van der Waals surface area (Å²) in [5.41, 5.74) is 4.42. The number of hydrogen-bond donors (Lipinski definition) is 1. The Morgan fingerprint density at radius 3 is 2.64 bits per heavy atom. The van der Waals surface area contributed by atoms with Crippen LogP contribution in [-0.4, -0.2) is 42.4 Å². The molecule has 33 heavy (non-hydrogen) atoms. The van der Waals surface area contributed by atoms with Crippen LogP contribution in [0.3, 0.4) is 0 Å². The molecule has 172 valence electrons. The summed E-state index contributed by atoms with van der Waals surface area (Å²) in [4.78, 5) is 29.7. The molecule has 0 saturated carbocycles. The van der Waals surface area contributed by atoms with Gasteiger partial charge in [-0.1, -0.05) is 12.1 Å². The molecule has 9 heteroatoms. The zero-order valence-corrected chi connectivity index (χ0v) is 19.5. The molecule has 4 aromatic rings. The van der Waals surface area contributed by atoms with E-state index >= 15 is 0 Å². The molecule has 3 aromatic heterocycles. The highest BCUT2D eigenvalue weighted by Crippen LogP contribution is 2.23. The Bertz CT molecular complexity index is 1340. The number of amides is 1. The van der Waals surface area contributed by atoms with Gasteiger partial charge in [-0.05, 0) is 58.7 Å². The van der Waals surface area contributed by atoms with E-state index in [2.05, 4.69) is 15.5 Å². The number of carbonyl (C=O) groups is 2. The fourth-order valence-corrected chi connectivity index (χ4v) is 3.93. The molecule has 1 aromatic carbocycles. The summed E-state index contributed by atoms with van der Waals surface area (Å²) in [6, 6.07) is 9.67. The smallest absolute Gasteiger partial charge is 0.306 e. The van der Waals surface area contributed by atoms with E-state index < -0.39 is 18.0 Å². The van der Waals surface area contributed by atoms with Crippen molar-refractivity contribution in [1.82, 2.24) is 24.4 Å². The van der Waals surface area contributed by atoms with Gasteiger partial charge in [0.2, 0.25) is 0 Å². The fraction of sp³-hybridized carbons (Fsp3) is 0.375. The van der Waals surface area contributed by atoms with Crippen LogP contribution >= 0.6 is 0 Å². The molecule has 3 heterocycles. The van der Waals surface area contributed by atoms with Crippen LogP contribution in [0.25, 0.3) is 16.6 Å². The molecule has 4 rings (SSSR count). The number of ether oxygens (including phenoxy) is 1. The number of rotatable bonds is 7. The normalized spacial score (nSPS) is 12.4. The Balaban J connectivity index is 1.41. The van der Waals surface area contributed by atoms with Crippen molar-refractivity contribution in [3.05, 3.63) is 53.5 Å². The topological polar surface area (TPSA) is 103 Å². The standard InChI is InChI=1S/C24H28N6O3/c1-14(2)29-21(12-13-25-29)27-24(32)17(5)33-22(31)11-10-18-15(3)26-23-19-8-6-7-9-20(19)28-30(23)16(18)4/h6-9,12-14,17H,10-11H2,1-5H3,(H,27,32). The minimum atomic E-state index is -0.924. The molecule has 0 spiro atoms. The summed E-state index contributed by atoms with van der Waals surface area (Å²) < 4.78 is 8.89. The number of nitrogens with one attached hydrogen (secondary N) is 1. The monoisotopic (exact) mass is 448 g/mol. The molecule has 0 aliphatic heterocycles. The molecule has 1 N–H and O–H groups in total. The number of carbonyl (C=O) groups excluding carboxylic acids is 2. The third-order valence-electron chi connectivity index (χ3n) is 5.69. The van der Waals surface area contributed by atoms with Gasteiger partial charge in [-0.25, -0.2) is 14.2 Å². The van der Waals surface area contributed by atoms with Gasteiger partial charge in [0.1, 0.15) is 5.82 Å². The van der Waals surface area contributed by atoms with Crippen LogP contribution in [0.1, 0.15) is 50.2 Å². The molecule has 0 aliphatic carbocycles. The predicted molar refractivity (Wildman–Crippen MR) is 125 cm³/mol. The van der Waals surface area contributed by atoms with E-state index in [0.717, 1.165) is 33.5 Å². The molecule has 1 atom stereocenters. The lowest BCUT2D eigenvalue weighted by atomic mass is 10.1. The van der Waals surface area contributed by atoms with Crippen molar-refractivity contribution in [3.63, 3.8) is 0 Å². The first-order valence-corrected chi connectivity index (χ1v) is 11.0. The van der Waals surface area contributed by atoms with Gasteiger partial charge in [0.25, 0.3) is 5.91 Å². The molecule has 0 fully saturated rings. The minimum Gasteiger partial charge on any atom is -0.453 e. The van der Waals surface area contributed by atoms with E-state index in [1.54, 1.807) is 23.9 Å². The second-order valence-electron chi connectivity index (χ2n) is 8.39. The molecule has 0 aliphatic rings.